The van der Waals surface area contributed by atoms with Crippen LogP contribution in [0, 0.1) is 6.92 Å². The number of unbranched alkanes of at least 4 members (excludes halogenated alkanes) is 2. The molecule has 2 rings (SSSR count). The fraction of sp³-hybridized carbons (Fsp3) is 0.400. The van der Waals surface area contributed by atoms with E-state index in [1.807, 2.05) is 6.07 Å². The molecule has 2 heteroatoms. The number of ether oxygens (including phenoxy) is 1. The molecule has 2 aromatic carbocycles. The van der Waals surface area contributed by atoms with Crippen molar-refractivity contribution in [3.05, 3.63) is 65.2 Å². The number of rotatable bonds is 9. The van der Waals surface area contributed by atoms with Gasteiger partial charge in [0.2, 0.25) is 0 Å². The monoisotopic (exact) mass is 297 g/mol. The predicted molar refractivity (Wildman–Crippen MR) is 93.2 cm³/mol. The first kappa shape index (κ1) is 16.6. The second-order valence-electron chi connectivity index (χ2n) is 5.73. The molecule has 0 atom stereocenters. The van der Waals surface area contributed by atoms with Crippen LogP contribution >= 0.6 is 0 Å². The van der Waals surface area contributed by atoms with E-state index in [0.717, 1.165) is 31.9 Å². The molecule has 22 heavy (non-hydrogen) atoms. The van der Waals surface area contributed by atoms with Gasteiger partial charge in [-0.25, -0.2) is 0 Å². The lowest BCUT2D eigenvalue weighted by Crippen LogP contribution is -2.13. The Kier molecular flexibility index (Phi) is 6.98. The summed E-state index contributed by atoms with van der Waals surface area (Å²) in [6.07, 6.45) is 3.59. The topological polar surface area (TPSA) is 21.3 Å². The molecule has 0 heterocycles. The molecule has 2 nitrogen and oxygen atoms in total. The van der Waals surface area contributed by atoms with Gasteiger partial charge in [0, 0.05) is 13.1 Å². The van der Waals surface area contributed by atoms with Crippen LogP contribution in [0.2, 0.25) is 0 Å². The molecule has 0 aromatic heterocycles. The number of aryl methyl sites for hydroxylation is 1. The minimum absolute atomic E-state index is 0.813. The quantitative estimate of drug-likeness (QED) is 0.668. The summed E-state index contributed by atoms with van der Waals surface area (Å²) < 4.78 is 5.80. The molecule has 0 saturated heterocycles. The van der Waals surface area contributed by atoms with Crippen LogP contribution in [0.3, 0.4) is 0 Å². The normalized spacial score (nSPS) is 10.6. The van der Waals surface area contributed by atoms with E-state index >= 15 is 0 Å². The third kappa shape index (κ3) is 5.53. The second-order valence-corrected chi connectivity index (χ2v) is 5.73. The molecule has 118 valence electrons. The third-order valence-electron chi connectivity index (χ3n) is 3.82. The molecule has 0 unspecified atom stereocenters. The molecule has 2 aromatic rings. The molecule has 1 N–H and O–H groups in total. The maximum absolute atomic E-state index is 5.80. The molecule has 0 spiro atoms. The van der Waals surface area contributed by atoms with Gasteiger partial charge in [0.05, 0.1) is 6.61 Å². The van der Waals surface area contributed by atoms with Crippen LogP contribution in [-0.2, 0) is 13.1 Å². The highest BCUT2D eigenvalue weighted by Crippen LogP contribution is 2.14. The van der Waals surface area contributed by atoms with Crippen molar-refractivity contribution in [1.29, 1.82) is 0 Å². The van der Waals surface area contributed by atoms with E-state index in [2.05, 4.69) is 61.6 Å². The first-order valence-corrected chi connectivity index (χ1v) is 8.26. The number of nitrogens with one attached hydrogen (secondary N) is 1. The van der Waals surface area contributed by atoms with Crippen LogP contribution in [0.1, 0.15) is 42.9 Å². The zero-order valence-electron chi connectivity index (χ0n) is 13.8. The molecular weight excluding hydrogens is 270 g/mol. The average Bonchev–Trinajstić information content (AvgIpc) is 2.54. The van der Waals surface area contributed by atoms with Gasteiger partial charge in [0.1, 0.15) is 5.75 Å². The largest absolute Gasteiger partial charge is 0.494 e. The highest BCUT2D eigenvalue weighted by molar-refractivity contribution is 5.29. The second kappa shape index (κ2) is 9.26. The first-order chi connectivity index (χ1) is 10.8. The third-order valence-corrected chi connectivity index (χ3v) is 3.82. The molecule has 0 aliphatic heterocycles. The number of benzene rings is 2. The lowest BCUT2D eigenvalue weighted by atomic mass is 10.1. The van der Waals surface area contributed by atoms with Crippen molar-refractivity contribution in [2.45, 2.75) is 46.2 Å². The van der Waals surface area contributed by atoms with Crippen molar-refractivity contribution in [3.63, 3.8) is 0 Å². The smallest absolute Gasteiger partial charge is 0.119 e. The minimum Gasteiger partial charge on any atom is -0.494 e. The van der Waals surface area contributed by atoms with E-state index in [4.69, 9.17) is 4.74 Å². The number of hydrogen-bond acceptors (Lipinski definition) is 2. The van der Waals surface area contributed by atoms with Crippen molar-refractivity contribution in [3.8, 4) is 5.75 Å². The van der Waals surface area contributed by atoms with E-state index in [1.165, 1.54) is 29.5 Å². The van der Waals surface area contributed by atoms with Gasteiger partial charge < -0.3 is 10.1 Å². The van der Waals surface area contributed by atoms with Crippen molar-refractivity contribution < 1.29 is 4.74 Å². The predicted octanol–water partition coefficient (Wildman–Crippen LogP) is 4.85. The Morgan fingerprint density at radius 2 is 1.82 bits per heavy atom. The minimum atomic E-state index is 0.813. The van der Waals surface area contributed by atoms with Gasteiger partial charge in [0.15, 0.2) is 0 Å². The lowest BCUT2D eigenvalue weighted by Gasteiger charge is -2.10. The summed E-state index contributed by atoms with van der Waals surface area (Å²) in [7, 11) is 0. The van der Waals surface area contributed by atoms with Crippen molar-refractivity contribution in [1.82, 2.24) is 5.32 Å². The van der Waals surface area contributed by atoms with Gasteiger partial charge in [-0.1, -0.05) is 56.2 Å². The van der Waals surface area contributed by atoms with Crippen LogP contribution in [0.5, 0.6) is 5.75 Å². The van der Waals surface area contributed by atoms with Gasteiger partial charge in [-0.3, -0.25) is 0 Å². The molecule has 0 amide bonds. The maximum Gasteiger partial charge on any atom is 0.119 e. The summed E-state index contributed by atoms with van der Waals surface area (Å²) in [5.41, 5.74) is 3.96. The molecule has 0 fully saturated rings. The van der Waals surface area contributed by atoms with Gasteiger partial charge in [-0.15, -0.1) is 0 Å². The highest BCUT2D eigenvalue weighted by atomic mass is 16.5. The van der Waals surface area contributed by atoms with Crippen molar-refractivity contribution in [2.24, 2.45) is 0 Å². The van der Waals surface area contributed by atoms with Gasteiger partial charge in [-0.05, 0) is 42.2 Å². The summed E-state index contributed by atoms with van der Waals surface area (Å²) in [5, 5.41) is 3.51. The van der Waals surface area contributed by atoms with Crippen LogP contribution in [-0.4, -0.2) is 6.61 Å². The van der Waals surface area contributed by atoms with Gasteiger partial charge >= 0.3 is 0 Å². The van der Waals surface area contributed by atoms with Crippen molar-refractivity contribution >= 4 is 0 Å². The molecule has 0 radical (unpaired) electrons. The van der Waals surface area contributed by atoms with E-state index in [1.54, 1.807) is 0 Å². The molecular formula is C20H27NO. The van der Waals surface area contributed by atoms with Crippen LogP contribution < -0.4 is 10.1 Å². The fourth-order valence-corrected chi connectivity index (χ4v) is 2.44. The summed E-state index contributed by atoms with van der Waals surface area (Å²) >= 11 is 0. The Morgan fingerprint density at radius 1 is 0.955 bits per heavy atom. The zero-order chi connectivity index (χ0) is 15.6. The Balaban J connectivity index is 1.79. The summed E-state index contributed by atoms with van der Waals surface area (Å²) in [5.74, 6) is 0.978. The Morgan fingerprint density at radius 3 is 2.64 bits per heavy atom. The van der Waals surface area contributed by atoms with Crippen molar-refractivity contribution in [2.75, 3.05) is 6.61 Å². The fourth-order valence-electron chi connectivity index (χ4n) is 2.44. The number of hydrogen-bond donors (Lipinski definition) is 1. The molecule has 0 saturated carbocycles. The standard InChI is InChI=1S/C20H27NO/c1-3-4-7-13-22-20-12-8-10-18(14-20)15-21-16-19-11-6-5-9-17(19)2/h5-6,8-12,14,21H,3-4,7,13,15-16H2,1-2H3. The van der Waals surface area contributed by atoms with Gasteiger partial charge in [-0.2, -0.15) is 0 Å². The first-order valence-electron chi connectivity index (χ1n) is 8.26. The summed E-state index contributed by atoms with van der Waals surface area (Å²) in [4.78, 5) is 0. The Labute approximate surface area is 134 Å². The van der Waals surface area contributed by atoms with E-state index in [9.17, 15) is 0 Å². The average molecular weight is 297 g/mol. The SMILES string of the molecule is CCCCCOc1cccc(CNCc2ccccc2C)c1. The van der Waals surface area contributed by atoms with Crippen LogP contribution in [0.15, 0.2) is 48.5 Å². The molecule has 0 aliphatic carbocycles. The van der Waals surface area contributed by atoms with E-state index in [0.29, 0.717) is 0 Å². The summed E-state index contributed by atoms with van der Waals surface area (Å²) in [6, 6.07) is 16.9. The van der Waals surface area contributed by atoms with Gasteiger partial charge in [0.25, 0.3) is 0 Å². The molecule has 0 aliphatic rings. The van der Waals surface area contributed by atoms with E-state index < -0.39 is 0 Å². The zero-order valence-corrected chi connectivity index (χ0v) is 13.8. The summed E-state index contributed by atoms with van der Waals surface area (Å²) in [6.45, 7) is 6.94. The Hall–Kier alpha value is -1.80. The molecule has 0 bridgehead atoms. The maximum atomic E-state index is 5.80. The van der Waals surface area contributed by atoms with Crippen LogP contribution in [0.4, 0.5) is 0 Å². The Bertz CT molecular complexity index is 565. The lowest BCUT2D eigenvalue weighted by molar-refractivity contribution is 0.306. The highest BCUT2D eigenvalue weighted by Gasteiger charge is 1.99. The van der Waals surface area contributed by atoms with Crippen LogP contribution in [0.25, 0.3) is 0 Å². The van der Waals surface area contributed by atoms with E-state index in [-0.39, 0.29) is 0 Å².